The monoisotopic (exact) mass is 259 g/mol. The number of aliphatic hydroxyl groups is 1. The van der Waals surface area contributed by atoms with E-state index in [1.165, 1.54) is 5.56 Å². The van der Waals surface area contributed by atoms with E-state index in [2.05, 4.69) is 6.07 Å². The number of benzene rings is 1. The smallest absolute Gasteiger partial charge is 0.254 e. The van der Waals surface area contributed by atoms with Crippen molar-refractivity contribution < 1.29 is 9.90 Å². The fraction of sp³-hybridized carbons (Fsp3) is 0.562. The first-order valence-electron chi connectivity index (χ1n) is 7.11. The van der Waals surface area contributed by atoms with E-state index in [1.54, 1.807) is 0 Å². The molecule has 0 aromatic heterocycles. The fourth-order valence-electron chi connectivity index (χ4n) is 3.63. The molecule has 2 fully saturated rings. The molecule has 3 nitrogen and oxygen atoms in total. The molecule has 3 atom stereocenters. The minimum atomic E-state index is -0.207. The van der Waals surface area contributed by atoms with Crippen LogP contribution in [0.15, 0.2) is 18.2 Å². The Hall–Kier alpha value is -1.35. The van der Waals surface area contributed by atoms with Crippen LogP contribution in [0.5, 0.6) is 0 Å². The molecule has 3 unspecified atom stereocenters. The van der Waals surface area contributed by atoms with Gasteiger partial charge in [0, 0.05) is 24.6 Å². The average Bonchev–Trinajstić information content (AvgIpc) is 2.91. The molecule has 1 aromatic carbocycles. The van der Waals surface area contributed by atoms with Crippen molar-refractivity contribution in [3.05, 3.63) is 34.9 Å². The lowest BCUT2D eigenvalue weighted by atomic mass is 10.00. The van der Waals surface area contributed by atoms with Gasteiger partial charge in [-0.15, -0.1) is 0 Å². The van der Waals surface area contributed by atoms with Crippen LogP contribution in [0.4, 0.5) is 0 Å². The summed E-state index contributed by atoms with van der Waals surface area (Å²) in [6.07, 6.45) is 1.76. The summed E-state index contributed by atoms with van der Waals surface area (Å²) in [6.45, 7) is 5.57. The van der Waals surface area contributed by atoms with Gasteiger partial charge in [0.1, 0.15) is 0 Å². The highest BCUT2D eigenvalue weighted by molar-refractivity contribution is 5.95. The highest BCUT2D eigenvalue weighted by Gasteiger charge is 2.43. The third kappa shape index (κ3) is 2.16. The molecule has 1 aliphatic carbocycles. The van der Waals surface area contributed by atoms with E-state index in [1.807, 2.05) is 30.9 Å². The minimum Gasteiger partial charge on any atom is -0.393 e. The predicted octanol–water partition coefficient (Wildman–Crippen LogP) is 2.15. The number of likely N-dealkylation sites (tertiary alicyclic amines) is 1. The van der Waals surface area contributed by atoms with Crippen LogP contribution in [0, 0.1) is 25.7 Å². The summed E-state index contributed by atoms with van der Waals surface area (Å²) in [6, 6.07) is 5.97. The van der Waals surface area contributed by atoms with Crippen LogP contribution in [0.1, 0.15) is 34.3 Å². The second kappa shape index (κ2) is 4.64. The number of amides is 1. The van der Waals surface area contributed by atoms with Gasteiger partial charge in [-0.05, 0) is 44.2 Å². The number of aliphatic hydroxyl groups excluding tert-OH is 1. The standard InChI is InChI=1S/C16H21NO2/c1-10-3-5-13(11(2)7-10)16(19)17-8-12-4-6-15(18)14(12)9-17/h3,5,7,12,14-15,18H,4,6,8-9H2,1-2H3. The summed E-state index contributed by atoms with van der Waals surface area (Å²) < 4.78 is 0. The van der Waals surface area contributed by atoms with Gasteiger partial charge < -0.3 is 10.0 Å². The number of carbonyl (C=O) groups is 1. The van der Waals surface area contributed by atoms with Gasteiger partial charge in [-0.2, -0.15) is 0 Å². The van der Waals surface area contributed by atoms with Gasteiger partial charge in [0.15, 0.2) is 0 Å². The maximum atomic E-state index is 12.6. The summed E-state index contributed by atoms with van der Waals surface area (Å²) >= 11 is 0. The minimum absolute atomic E-state index is 0.124. The molecule has 1 N–H and O–H groups in total. The number of fused-ring (bicyclic) bond motifs is 1. The third-order valence-corrected chi connectivity index (χ3v) is 4.72. The number of rotatable bonds is 1. The quantitative estimate of drug-likeness (QED) is 0.839. The van der Waals surface area contributed by atoms with Gasteiger partial charge in [-0.1, -0.05) is 17.7 Å². The Morgan fingerprint density at radius 1 is 1.26 bits per heavy atom. The molecule has 2 aliphatic rings. The molecule has 0 radical (unpaired) electrons. The van der Waals surface area contributed by atoms with Crippen LogP contribution in [-0.2, 0) is 0 Å². The first kappa shape index (κ1) is 12.7. The zero-order chi connectivity index (χ0) is 13.6. The fourth-order valence-corrected chi connectivity index (χ4v) is 3.63. The van der Waals surface area contributed by atoms with Crippen molar-refractivity contribution in [2.24, 2.45) is 11.8 Å². The number of aryl methyl sites for hydroxylation is 2. The summed E-state index contributed by atoms with van der Waals surface area (Å²) in [4.78, 5) is 14.5. The molecule has 3 heteroatoms. The van der Waals surface area contributed by atoms with Gasteiger partial charge >= 0.3 is 0 Å². The lowest BCUT2D eigenvalue weighted by molar-refractivity contribution is 0.0751. The van der Waals surface area contributed by atoms with Crippen molar-refractivity contribution in [1.29, 1.82) is 0 Å². The average molecular weight is 259 g/mol. The number of hydrogen-bond donors (Lipinski definition) is 1. The molecule has 1 aromatic rings. The zero-order valence-corrected chi connectivity index (χ0v) is 11.6. The van der Waals surface area contributed by atoms with Crippen molar-refractivity contribution in [3.63, 3.8) is 0 Å². The maximum Gasteiger partial charge on any atom is 0.254 e. The van der Waals surface area contributed by atoms with Crippen molar-refractivity contribution in [1.82, 2.24) is 4.90 Å². The van der Waals surface area contributed by atoms with Crippen LogP contribution in [-0.4, -0.2) is 35.1 Å². The lowest BCUT2D eigenvalue weighted by Gasteiger charge is -2.19. The molecule has 3 rings (SSSR count). The Morgan fingerprint density at radius 3 is 2.74 bits per heavy atom. The third-order valence-electron chi connectivity index (χ3n) is 4.72. The van der Waals surface area contributed by atoms with E-state index in [0.717, 1.165) is 37.1 Å². The van der Waals surface area contributed by atoms with E-state index in [0.29, 0.717) is 11.8 Å². The maximum absolute atomic E-state index is 12.6. The molecule has 0 spiro atoms. The molecule has 1 heterocycles. The second-order valence-electron chi connectivity index (χ2n) is 6.10. The van der Waals surface area contributed by atoms with Crippen molar-refractivity contribution >= 4 is 5.91 Å². The Kier molecular flexibility index (Phi) is 3.09. The molecule has 1 saturated carbocycles. The Bertz CT molecular complexity index is 511. The van der Waals surface area contributed by atoms with Crippen LogP contribution in [0.2, 0.25) is 0 Å². The first-order valence-corrected chi connectivity index (χ1v) is 7.11. The SMILES string of the molecule is Cc1ccc(C(=O)N2CC3CCC(O)C3C2)c(C)c1. The van der Waals surface area contributed by atoms with E-state index >= 15 is 0 Å². The van der Waals surface area contributed by atoms with E-state index in [-0.39, 0.29) is 12.0 Å². The van der Waals surface area contributed by atoms with Crippen LogP contribution >= 0.6 is 0 Å². The Labute approximate surface area is 114 Å². The topological polar surface area (TPSA) is 40.5 Å². The number of carbonyl (C=O) groups excluding carboxylic acids is 1. The van der Waals surface area contributed by atoms with E-state index in [9.17, 15) is 9.90 Å². The highest BCUT2D eigenvalue weighted by Crippen LogP contribution is 2.38. The van der Waals surface area contributed by atoms with Crippen molar-refractivity contribution in [3.8, 4) is 0 Å². The summed E-state index contributed by atoms with van der Waals surface area (Å²) in [5, 5.41) is 9.92. The highest BCUT2D eigenvalue weighted by atomic mass is 16.3. The lowest BCUT2D eigenvalue weighted by Crippen LogP contribution is -2.31. The summed E-state index contributed by atoms with van der Waals surface area (Å²) in [5.74, 6) is 0.929. The summed E-state index contributed by atoms with van der Waals surface area (Å²) in [5.41, 5.74) is 3.03. The second-order valence-corrected chi connectivity index (χ2v) is 6.10. The molecule has 1 amide bonds. The number of nitrogens with zero attached hydrogens (tertiary/aromatic N) is 1. The Balaban J connectivity index is 1.78. The molecule has 1 aliphatic heterocycles. The van der Waals surface area contributed by atoms with Crippen molar-refractivity contribution in [2.45, 2.75) is 32.8 Å². The molecular weight excluding hydrogens is 238 g/mol. The Morgan fingerprint density at radius 2 is 2.05 bits per heavy atom. The number of hydrogen-bond acceptors (Lipinski definition) is 2. The van der Waals surface area contributed by atoms with Gasteiger partial charge in [-0.25, -0.2) is 0 Å². The van der Waals surface area contributed by atoms with Gasteiger partial charge in [0.2, 0.25) is 0 Å². The van der Waals surface area contributed by atoms with Crippen LogP contribution in [0.25, 0.3) is 0 Å². The van der Waals surface area contributed by atoms with E-state index in [4.69, 9.17) is 0 Å². The molecule has 102 valence electrons. The zero-order valence-electron chi connectivity index (χ0n) is 11.6. The molecule has 0 bridgehead atoms. The summed E-state index contributed by atoms with van der Waals surface area (Å²) in [7, 11) is 0. The van der Waals surface area contributed by atoms with E-state index < -0.39 is 0 Å². The molecular formula is C16H21NO2. The molecule has 1 saturated heterocycles. The van der Waals surface area contributed by atoms with Crippen LogP contribution < -0.4 is 0 Å². The van der Waals surface area contributed by atoms with Gasteiger partial charge in [0.25, 0.3) is 5.91 Å². The van der Waals surface area contributed by atoms with Crippen LogP contribution in [0.3, 0.4) is 0 Å². The van der Waals surface area contributed by atoms with Crippen molar-refractivity contribution in [2.75, 3.05) is 13.1 Å². The van der Waals surface area contributed by atoms with Gasteiger partial charge in [0.05, 0.1) is 6.10 Å². The first-order chi connectivity index (χ1) is 9.06. The largest absolute Gasteiger partial charge is 0.393 e. The molecule has 19 heavy (non-hydrogen) atoms. The van der Waals surface area contributed by atoms with Gasteiger partial charge in [-0.3, -0.25) is 4.79 Å². The predicted molar refractivity (Wildman–Crippen MR) is 74.0 cm³/mol. The normalized spacial score (nSPS) is 29.6.